The third kappa shape index (κ3) is 2.85. The first kappa shape index (κ1) is 13.2. The van der Waals surface area contributed by atoms with Crippen LogP contribution in [0.1, 0.15) is 57.2 Å². The van der Waals surface area contributed by atoms with Crippen LogP contribution in [0, 0.1) is 0 Å². The third-order valence-electron chi connectivity index (χ3n) is 3.33. The van der Waals surface area contributed by atoms with E-state index in [1.807, 2.05) is 11.3 Å². The lowest BCUT2D eigenvalue weighted by Gasteiger charge is -2.22. The molecule has 0 saturated carbocycles. The minimum atomic E-state index is 0.153. The predicted octanol–water partition coefficient (Wildman–Crippen LogP) is 5.46. The molecule has 0 aliphatic carbocycles. The van der Waals surface area contributed by atoms with Gasteiger partial charge in [0.1, 0.15) is 0 Å². The molecule has 1 unspecified atom stereocenters. The number of thiophene rings is 1. The molecule has 1 aromatic heterocycles. The van der Waals surface area contributed by atoms with E-state index in [9.17, 15) is 0 Å². The summed E-state index contributed by atoms with van der Waals surface area (Å²) < 4.78 is 0.153. The highest BCUT2D eigenvalue weighted by Crippen LogP contribution is 2.41. The van der Waals surface area contributed by atoms with Crippen LogP contribution in [0.4, 0.5) is 0 Å². The quantitative estimate of drug-likeness (QED) is 0.646. The van der Waals surface area contributed by atoms with E-state index in [1.54, 1.807) is 0 Å². The van der Waals surface area contributed by atoms with Crippen LogP contribution in [0.3, 0.4) is 0 Å². The molecule has 0 radical (unpaired) electrons. The lowest BCUT2D eigenvalue weighted by atomic mass is 9.89. The standard InChI is InChI=1S/C13H21BrS/c1-6-12(3,4)10-8-9-11(15-10)13(5,14)7-2/h8-9H,6-7H2,1-5H3. The van der Waals surface area contributed by atoms with Crippen LogP contribution in [0.2, 0.25) is 0 Å². The van der Waals surface area contributed by atoms with Crippen molar-refractivity contribution in [1.29, 1.82) is 0 Å². The van der Waals surface area contributed by atoms with Crippen molar-refractivity contribution >= 4 is 27.3 Å². The van der Waals surface area contributed by atoms with Gasteiger partial charge in [-0.05, 0) is 37.3 Å². The Morgan fingerprint density at radius 2 is 1.60 bits per heavy atom. The van der Waals surface area contributed by atoms with Crippen molar-refractivity contribution in [3.8, 4) is 0 Å². The van der Waals surface area contributed by atoms with Crippen molar-refractivity contribution in [3.63, 3.8) is 0 Å². The molecule has 0 nitrogen and oxygen atoms in total. The molecular formula is C13H21BrS. The average molecular weight is 289 g/mol. The Bertz CT molecular complexity index is 293. The molecule has 0 spiro atoms. The number of hydrogen-bond acceptors (Lipinski definition) is 1. The predicted molar refractivity (Wildman–Crippen MR) is 74.2 cm³/mol. The van der Waals surface area contributed by atoms with Crippen molar-refractivity contribution in [3.05, 3.63) is 21.9 Å². The summed E-state index contributed by atoms with van der Waals surface area (Å²) in [5, 5.41) is 0. The lowest BCUT2D eigenvalue weighted by molar-refractivity contribution is 0.517. The van der Waals surface area contributed by atoms with Crippen molar-refractivity contribution in [2.24, 2.45) is 0 Å². The van der Waals surface area contributed by atoms with Crippen LogP contribution < -0.4 is 0 Å². The molecule has 0 aliphatic heterocycles. The zero-order valence-electron chi connectivity index (χ0n) is 10.4. The van der Waals surface area contributed by atoms with Gasteiger partial charge >= 0.3 is 0 Å². The van der Waals surface area contributed by atoms with Crippen molar-refractivity contribution in [2.75, 3.05) is 0 Å². The molecule has 1 aromatic rings. The lowest BCUT2D eigenvalue weighted by Crippen LogP contribution is -2.13. The molecule has 0 N–H and O–H groups in total. The molecule has 1 heterocycles. The summed E-state index contributed by atoms with van der Waals surface area (Å²) in [4.78, 5) is 2.95. The zero-order valence-corrected chi connectivity index (χ0v) is 12.8. The topological polar surface area (TPSA) is 0 Å². The van der Waals surface area contributed by atoms with Gasteiger partial charge in [0.15, 0.2) is 0 Å². The van der Waals surface area contributed by atoms with E-state index in [0.29, 0.717) is 5.41 Å². The molecule has 0 bridgehead atoms. The van der Waals surface area contributed by atoms with Crippen molar-refractivity contribution in [1.82, 2.24) is 0 Å². The Hall–Kier alpha value is 0.180. The van der Waals surface area contributed by atoms with Crippen LogP contribution in [0.25, 0.3) is 0 Å². The molecular weight excluding hydrogens is 268 g/mol. The Kier molecular flexibility index (Phi) is 4.05. The molecule has 86 valence electrons. The second kappa shape index (κ2) is 4.58. The highest BCUT2D eigenvalue weighted by molar-refractivity contribution is 9.09. The van der Waals surface area contributed by atoms with Crippen LogP contribution in [0.5, 0.6) is 0 Å². The Balaban J connectivity index is 3.00. The van der Waals surface area contributed by atoms with Gasteiger partial charge in [0.2, 0.25) is 0 Å². The van der Waals surface area contributed by atoms with Crippen LogP contribution in [0.15, 0.2) is 12.1 Å². The summed E-state index contributed by atoms with van der Waals surface area (Å²) in [5.74, 6) is 0. The third-order valence-corrected chi connectivity index (χ3v) is 6.30. The fourth-order valence-electron chi connectivity index (χ4n) is 1.33. The fourth-order valence-corrected chi connectivity index (χ4v) is 2.99. The SMILES string of the molecule is CCC(C)(C)c1ccc(C(C)(Br)CC)s1. The zero-order chi connectivity index (χ0) is 11.7. The molecule has 0 fully saturated rings. The first-order valence-corrected chi connectivity index (χ1v) is 7.24. The molecule has 1 rings (SSSR count). The first-order chi connectivity index (χ1) is 6.83. The highest BCUT2D eigenvalue weighted by Gasteiger charge is 2.26. The van der Waals surface area contributed by atoms with E-state index in [4.69, 9.17) is 0 Å². The van der Waals surface area contributed by atoms with Gasteiger partial charge in [0, 0.05) is 9.75 Å². The van der Waals surface area contributed by atoms with Gasteiger partial charge in [-0.2, -0.15) is 0 Å². The number of alkyl halides is 1. The van der Waals surface area contributed by atoms with Gasteiger partial charge in [-0.25, -0.2) is 0 Å². The van der Waals surface area contributed by atoms with E-state index < -0.39 is 0 Å². The van der Waals surface area contributed by atoms with Crippen LogP contribution >= 0.6 is 27.3 Å². The maximum atomic E-state index is 3.80. The van der Waals surface area contributed by atoms with E-state index in [2.05, 4.69) is 62.7 Å². The molecule has 0 saturated heterocycles. The second-order valence-corrected chi connectivity index (χ2v) is 7.79. The molecule has 0 aromatic carbocycles. The summed E-state index contributed by atoms with van der Waals surface area (Å²) in [7, 11) is 0. The van der Waals surface area contributed by atoms with Gasteiger partial charge in [0.05, 0.1) is 4.32 Å². The van der Waals surface area contributed by atoms with E-state index in [-0.39, 0.29) is 4.32 Å². The van der Waals surface area contributed by atoms with Crippen LogP contribution in [-0.4, -0.2) is 0 Å². The minimum Gasteiger partial charge on any atom is -0.143 e. The van der Waals surface area contributed by atoms with Gasteiger partial charge < -0.3 is 0 Å². The molecule has 0 aliphatic rings. The second-order valence-electron chi connectivity index (χ2n) is 4.95. The van der Waals surface area contributed by atoms with Gasteiger partial charge in [0.25, 0.3) is 0 Å². The van der Waals surface area contributed by atoms with Crippen molar-refractivity contribution < 1.29 is 0 Å². The normalized spacial score (nSPS) is 16.4. The first-order valence-electron chi connectivity index (χ1n) is 5.63. The summed E-state index contributed by atoms with van der Waals surface area (Å²) in [6.07, 6.45) is 2.32. The maximum absolute atomic E-state index is 3.80. The summed E-state index contributed by atoms with van der Waals surface area (Å²) in [6, 6.07) is 4.56. The molecule has 1 atom stereocenters. The van der Waals surface area contributed by atoms with Gasteiger partial charge in [-0.15, -0.1) is 11.3 Å². The van der Waals surface area contributed by atoms with Crippen molar-refractivity contribution in [2.45, 2.75) is 57.2 Å². The summed E-state index contributed by atoms with van der Waals surface area (Å²) in [6.45, 7) is 11.4. The summed E-state index contributed by atoms with van der Waals surface area (Å²) in [5.41, 5.74) is 0.319. The minimum absolute atomic E-state index is 0.153. The largest absolute Gasteiger partial charge is 0.143 e. The number of hydrogen-bond donors (Lipinski definition) is 0. The molecule has 15 heavy (non-hydrogen) atoms. The van der Waals surface area contributed by atoms with Crippen LogP contribution in [-0.2, 0) is 9.74 Å². The van der Waals surface area contributed by atoms with E-state index >= 15 is 0 Å². The van der Waals surface area contributed by atoms with E-state index in [1.165, 1.54) is 16.2 Å². The fraction of sp³-hybridized carbons (Fsp3) is 0.692. The molecule has 0 amide bonds. The molecule has 2 heteroatoms. The Morgan fingerprint density at radius 1 is 1.07 bits per heavy atom. The maximum Gasteiger partial charge on any atom is 0.0568 e. The number of halogens is 1. The monoisotopic (exact) mass is 288 g/mol. The van der Waals surface area contributed by atoms with Gasteiger partial charge in [-0.3, -0.25) is 0 Å². The summed E-state index contributed by atoms with van der Waals surface area (Å²) >= 11 is 5.75. The Labute approximate surface area is 106 Å². The number of rotatable bonds is 4. The van der Waals surface area contributed by atoms with Gasteiger partial charge in [-0.1, -0.05) is 43.6 Å². The van der Waals surface area contributed by atoms with E-state index in [0.717, 1.165) is 6.42 Å². The smallest absolute Gasteiger partial charge is 0.0568 e. The highest BCUT2D eigenvalue weighted by atomic mass is 79.9. The average Bonchev–Trinajstić information content (AvgIpc) is 2.67. The Morgan fingerprint density at radius 3 is 2.07 bits per heavy atom.